The number of likely N-dealkylation sites (N-methyl/N-ethyl adjacent to an activating group) is 1. The monoisotopic (exact) mass is 385 g/mol. The summed E-state index contributed by atoms with van der Waals surface area (Å²) in [5.41, 5.74) is 2.37. The minimum Gasteiger partial charge on any atom is -0.497 e. The molecule has 0 aliphatic carbocycles. The Balaban J connectivity index is 1.55. The highest BCUT2D eigenvalue weighted by molar-refractivity contribution is 7.13. The molecule has 1 N–H and O–H groups in total. The van der Waals surface area contributed by atoms with E-state index in [0.717, 1.165) is 22.0 Å². The van der Waals surface area contributed by atoms with Crippen LogP contribution in [-0.4, -0.2) is 36.5 Å². The molecule has 0 fully saturated rings. The van der Waals surface area contributed by atoms with Crippen LogP contribution in [0, 0.1) is 5.82 Å². The number of thiazole rings is 1. The topological polar surface area (TPSA) is 54.5 Å². The van der Waals surface area contributed by atoms with Gasteiger partial charge in [-0.1, -0.05) is 6.07 Å². The predicted molar refractivity (Wildman–Crippen MR) is 105 cm³/mol. The number of anilines is 1. The van der Waals surface area contributed by atoms with Gasteiger partial charge in [0.25, 0.3) is 0 Å². The molecule has 0 bridgehead atoms. The zero-order valence-corrected chi connectivity index (χ0v) is 15.9. The van der Waals surface area contributed by atoms with Crippen LogP contribution >= 0.6 is 11.3 Å². The van der Waals surface area contributed by atoms with E-state index in [-0.39, 0.29) is 18.3 Å². The second kappa shape index (κ2) is 8.75. The molecule has 0 spiro atoms. The summed E-state index contributed by atoms with van der Waals surface area (Å²) in [6.07, 6.45) is 0. The smallest absolute Gasteiger partial charge is 0.238 e. The number of amides is 1. The minimum atomic E-state index is -0.380. The highest BCUT2D eigenvalue weighted by atomic mass is 32.1. The Kier molecular flexibility index (Phi) is 6.16. The van der Waals surface area contributed by atoms with Crippen molar-refractivity contribution in [2.24, 2.45) is 0 Å². The van der Waals surface area contributed by atoms with Crippen molar-refractivity contribution in [3.63, 3.8) is 0 Å². The third kappa shape index (κ3) is 5.35. The Morgan fingerprint density at radius 2 is 2.04 bits per heavy atom. The van der Waals surface area contributed by atoms with E-state index < -0.39 is 0 Å². The quantitative estimate of drug-likeness (QED) is 0.667. The minimum absolute atomic E-state index is 0.186. The van der Waals surface area contributed by atoms with E-state index in [1.54, 1.807) is 30.6 Å². The third-order valence-corrected chi connectivity index (χ3v) is 4.78. The predicted octanol–water partition coefficient (Wildman–Crippen LogP) is 4.03. The molecule has 3 aromatic rings. The number of halogens is 1. The molecule has 0 unspecified atom stereocenters. The SMILES string of the molecule is COc1ccc(-c2nc(CN(C)CC(=O)Nc3cccc(F)c3)cs2)cc1. The van der Waals surface area contributed by atoms with Crippen LogP contribution in [0.15, 0.2) is 53.9 Å². The van der Waals surface area contributed by atoms with Gasteiger partial charge in [0.2, 0.25) is 5.91 Å². The van der Waals surface area contributed by atoms with Crippen molar-refractivity contribution < 1.29 is 13.9 Å². The first-order chi connectivity index (χ1) is 13.0. The summed E-state index contributed by atoms with van der Waals surface area (Å²) in [7, 11) is 3.48. The van der Waals surface area contributed by atoms with Gasteiger partial charge < -0.3 is 10.1 Å². The maximum absolute atomic E-state index is 13.2. The summed E-state index contributed by atoms with van der Waals surface area (Å²) in [6.45, 7) is 0.731. The van der Waals surface area contributed by atoms with Crippen LogP contribution in [0.1, 0.15) is 5.69 Å². The molecule has 2 aromatic carbocycles. The van der Waals surface area contributed by atoms with E-state index in [1.807, 2.05) is 41.6 Å². The van der Waals surface area contributed by atoms with Crippen LogP contribution in [-0.2, 0) is 11.3 Å². The van der Waals surface area contributed by atoms with Crippen LogP contribution in [0.2, 0.25) is 0 Å². The zero-order chi connectivity index (χ0) is 19.2. The van der Waals surface area contributed by atoms with Crippen molar-refractivity contribution in [3.8, 4) is 16.3 Å². The van der Waals surface area contributed by atoms with E-state index in [9.17, 15) is 9.18 Å². The lowest BCUT2D eigenvalue weighted by molar-refractivity contribution is -0.117. The number of hydrogen-bond donors (Lipinski definition) is 1. The van der Waals surface area contributed by atoms with Crippen LogP contribution in [0.3, 0.4) is 0 Å². The zero-order valence-electron chi connectivity index (χ0n) is 15.1. The van der Waals surface area contributed by atoms with Gasteiger partial charge >= 0.3 is 0 Å². The molecule has 140 valence electrons. The molecule has 0 aliphatic heterocycles. The molecule has 5 nitrogen and oxygen atoms in total. The van der Waals surface area contributed by atoms with Gasteiger partial charge in [-0.2, -0.15) is 0 Å². The molecule has 3 rings (SSSR count). The Morgan fingerprint density at radius 3 is 2.74 bits per heavy atom. The summed E-state index contributed by atoms with van der Waals surface area (Å²) in [5.74, 6) is 0.225. The van der Waals surface area contributed by atoms with Crippen molar-refractivity contribution >= 4 is 22.9 Å². The number of ether oxygens (including phenoxy) is 1. The van der Waals surface area contributed by atoms with Gasteiger partial charge in [-0.05, 0) is 49.5 Å². The van der Waals surface area contributed by atoms with Crippen molar-refractivity contribution in [1.82, 2.24) is 9.88 Å². The number of nitrogens with one attached hydrogen (secondary N) is 1. The van der Waals surface area contributed by atoms with Crippen molar-refractivity contribution in [3.05, 3.63) is 65.4 Å². The number of hydrogen-bond acceptors (Lipinski definition) is 5. The molecule has 1 heterocycles. The van der Waals surface area contributed by atoms with Gasteiger partial charge in [0.15, 0.2) is 0 Å². The van der Waals surface area contributed by atoms with Gasteiger partial charge in [0, 0.05) is 23.2 Å². The molecule has 0 atom stereocenters. The molecule has 0 aliphatic rings. The molecule has 7 heteroatoms. The van der Waals surface area contributed by atoms with Gasteiger partial charge in [-0.3, -0.25) is 9.69 Å². The largest absolute Gasteiger partial charge is 0.497 e. The summed E-state index contributed by atoms with van der Waals surface area (Å²) in [5, 5.41) is 5.60. The second-order valence-electron chi connectivity index (χ2n) is 6.10. The molecule has 0 saturated carbocycles. The number of benzene rings is 2. The van der Waals surface area contributed by atoms with Crippen LogP contribution in [0.5, 0.6) is 5.75 Å². The lowest BCUT2D eigenvalue weighted by atomic mass is 10.2. The molecule has 0 saturated heterocycles. The highest BCUT2D eigenvalue weighted by Crippen LogP contribution is 2.26. The molecule has 1 aromatic heterocycles. The number of methoxy groups -OCH3 is 1. The average molecular weight is 385 g/mol. The first kappa shape index (κ1) is 19.0. The van der Waals surface area contributed by atoms with E-state index >= 15 is 0 Å². The Labute approximate surface area is 161 Å². The number of carbonyl (C=O) groups excluding carboxylic acids is 1. The number of aromatic nitrogens is 1. The van der Waals surface area contributed by atoms with Crippen molar-refractivity contribution in [2.45, 2.75) is 6.54 Å². The summed E-state index contributed by atoms with van der Waals surface area (Å²) < 4.78 is 18.3. The third-order valence-electron chi connectivity index (χ3n) is 3.84. The first-order valence-corrected chi connectivity index (χ1v) is 9.24. The summed E-state index contributed by atoms with van der Waals surface area (Å²) in [6, 6.07) is 13.6. The molecular weight excluding hydrogens is 365 g/mol. The maximum atomic E-state index is 13.2. The first-order valence-electron chi connectivity index (χ1n) is 8.36. The lowest BCUT2D eigenvalue weighted by Crippen LogP contribution is -2.29. The van der Waals surface area contributed by atoms with E-state index in [2.05, 4.69) is 10.3 Å². The van der Waals surface area contributed by atoms with E-state index in [1.165, 1.54) is 12.1 Å². The molecule has 0 radical (unpaired) electrons. The number of carbonyl (C=O) groups is 1. The second-order valence-corrected chi connectivity index (χ2v) is 6.96. The van der Waals surface area contributed by atoms with Crippen LogP contribution in [0.4, 0.5) is 10.1 Å². The van der Waals surface area contributed by atoms with Crippen molar-refractivity contribution in [2.75, 3.05) is 26.0 Å². The van der Waals surface area contributed by atoms with Gasteiger partial charge in [0.05, 0.1) is 19.3 Å². The van der Waals surface area contributed by atoms with Gasteiger partial charge in [-0.15, -0.1) is 11.3 Å². The fourth-order valence-electron chi connectivity index (χ4n) is 2.59. The van der Waals surface area contributed by atoms with E-state index in [4.69, 9.17) is 4.74 Å². The molecular formula is C20H20FN3O2S. The number of nitrogens with zero attached hydrogens (tertiary/aromatic N) is 2. The fraction of sp³-hybridized carbons (Fsp3) is 0.200. The Morgan fingerprint density at radius 1 is 1.26 bits per heavy atom. The summed E-state index contributed by atoms with van der Waals surface area (Å²) >= 11 is 1.56. The Bertz CT molecular complexity index is 912. The number of rotatable bonds is 7. The van der Waals surface area contributed by atoms with Gasteiger partial charge in [0.1, 0.15) is 16.6 Å². The van der Waals surface area contributed by atoms with Gasteiger partial charge in [-0.25, -0.2) is 9.37 Å². The van der Waals surface area contributed by atoms with Crippen LogP contribution < -0.4 is 10.1 Å². The standard InChI is InChI=1S/C20H20FN3O2S/c1-24(12-19(25)22-16-5-3-4-15(21)10-16)11-17-13-27-20(23-17)14-6-8-18(26-2)9-7-14/h3-10,13H,11-12H2,1-2H3,(H,22,25). The maximum Gasteiger partial charge on any atom is 0.238 e. The summed E-state index contributed by atoms with van der Waals surface area (Å²) in [4.78, 5) is 18.6. The highest BCUT2D eigenvalue weighted by Gasteiger charge is 2.11. The van der Waals surface area contributed by atoms with Crippen LogP contribution in [0.25, 0.3) is 10.6 Å². The lowest BCUT2D eigenvalue weighted by Gasteiger charge is -2.15. The molecule has 1 amide bonds. The normalized spacial score (nSPS) is 10.8. The Hall–Kier alpha value is -2.77. The van der Waals surface area contributed by atoms with E-state index in [0.29, 0.717) is 12.2 Å². The fourth-order valence-corrected chi connectivity index (χ4v) is 3.41. The molecule has 27 heavy (non-hydrogen) atoms. The average Bonchev–Trinajstić information content (AvgIpc) is 3.10. The van der Waals surface area contributed by atoms with Crippen molar-refractivity contribution in [1.29, 1.82) is 0 Å².